The second-order valence-electron chi connectivity index (χ2n) is 4.17. The van der Waals surface area contributed by atoms with Crippen molar-refractivity contribution in [1.29, 1.82) is 0 Å². The zero-order valence-corrected chi connectivity index (χ0v) is 14.1. The molecule has 0 N–H and O–H groups in total. The van der Waals surface area contributed by atoms with Crippen LogP contribution in [0.5, 0.6) is 0 Å². The Balaban J connectivity index is 1.99. The van der Waals surface area contributed by atoms with E-state index in [1.807, 2.05) is 12.1 Å². The Morgan fingerprint density at radius 2 is 1.05 bits per heavy atom. The third kappa shape index (κ3) is 3.17. The Morgan fingerprint density at radius 1 is 0.619 bits per heavy atom. The molecular weight excluding hydrogens is 370 g/mol. The van der Waals surface area contributed by atoms with Crippen molar-refractivity contribution >= 4 is 57.7 Å². The van der Waals surface area contributed by atoms with Gasteiger partial charge in [0.05, 0.1) is 20.1 Å². The molecule has 0 aliphatic carbocycles. The Bertz CT molecular complexity index is 750. The summed E-state index contributed by atoms with van der Waals surface area (Å²) in [6.45, 7) is 0. The summed E-state index contributed by atoms with van der Waals surface area (Å²) in [5, 5.41) is 11.9. The molecule has 7 heteroatoms. The van der Waals surface area contributed by atoms with E-state index in [4.69, 9.17) is 46.4 Å². The number of rotatable bonds is 2. The van der Waals surface area contributed by atoms with E-state index in [-0.39, 0.29) is 0 Å². The molecule has 0 bridgehead atoms. The highest BCUT2D eigenvalue weighted by Crippen LogP contribution is 2.35. The van der Waals surface area contributed by atoms with Gasteiger partial charge in [-0.2, -0.15) is 0 Å². The average molecular weight is 376 g/mol. The van der Waals surface area contributed by atoms with Crippen molar-refractivity contribution in [3.8, 4) is 21.1 Å². The third-order valence-electron chi connectivity index (χ3n) is 2.76. The highest BCUT2D eigenvalue weighted by atomic mass is 35.5. The van der Waals surface area contributed by atoms with E-state index in [9.17, 15) is 0 Å². The molecule has 1 heterocycles. The minimum atomic E-state index is 0.487. The molecule has 0 atom stereocenters. The first-order valence-corrected chi connectivity index (χ1v) is 8.12. The van der Waals surface area contributed by atoms with Crippen molar-refractivity contribution < 1.29 is 0 Å². The number of aromatic nitrogens is 2. The predicted molar refractivity (Wildman–Crippen MR) is 90.8 cm³/mol. The van der Waals surface area contributed by atoms with Gasteiger partial charge in [0, 0.05) is 11.1 Å². The van der Waals surface area contributed by atoms with Gasteiger partial charge < -0.3 is 0 Å². The number of hydrogen-bond acceptors (Lipinski definition) is 3. The Morgan fingerprint density at radius 3 is 1.43 bits per heavy atom. The molecule has 0 fully saturated rings. The normalized spacial score (nSPS) is 10.9. The van der Waals surface area contributed by atoms with Gasteiger partial charge in [0.15, 0.2) is 0 Å². The molecule has 2 aromatic carbocycles. The van der Waals surface area contributed by atoms with Gasteiger partial charge in [0.2, 0.25) is 0 Å². The van der Waals surface area contributed by atoms with Gasteiger partial charge >= 0.3 is 0 Å². The van der Waals surface area contributed by atoms with Crippen molar-refractivity contribution in [3.63, 3.8) is 0 Å². The first kappa shape index (κ1) is 15.1. The van der Waals surface area contributed by atoms with Gasteiger partial charge in [-0.1, -0.05) is 69.9 Å². The van der Waals surface area contributed by atoms with Crippen LogP contribution in [0.2, 0.25) is 20.1 Å². The van der Waals surface area contributed by atoms with Crippen LogP contribution in [0.3, 0.4) is 0 Å². The lowest BCUT2D eigenvalue weighted by molar-refractivity contribution is 1.10. The van der Waals surface area contributed by atoms with Crippen LogP contribution in [0, 0.1) is 0 Å². The topological polar surface area (TPSA) is 25.8 Å². The van der Waals surface area contributed by atoms with E-state index >= 15 is 0 Å². The fraction of sp³-hybridized carbons (Fsp3) is 0. The van der Waals surface area contributed by atoms with Crippen LogP contribution in [-0.4, -0.2) is 10.2 Å². The van der Waals surface area contributed by atoms with Crippen LogP contribution in [0.1, 0.15) is 0 Å². The zero-order chi connectivity index (χ0) is 15.0. The molecule has 0 radical (unpaired) electrons. The Labute approximate surface area is 145 Å². The van der Waals surface area contributed by atoms with Crippen molar-refractivity contribution in [2.45, 2.75) is 0 Å². The van der Waals surface area contributed by atoms with Gasteiger partial charge in [-0.3, -0.25) is 0 Å². The van der Waals surface area contributed by atoms with Gasteiger partial charge in [-0.05, 0) is 24.3 Å². The molecule has 2 nitrogen and oxygen atoms in total. The van der Waals surface area contributed by atoms with Crippen LogP contribution in [-0.2, 0) is 0 Å². The number of halogens is 4. The van der Waals surface area contributed by atoms with E-state index in [2.05, 4.69) is 10.2 Å². The fourth-order valence-electron chi connectivity index (χ4n) is 1.71. The van der Waals surface area contributed by atoms with Crippen LogP contribution < -0.4 is 0 Å². The first-order chi connectivity index (χ1) is 10.0. The van der Waals surface area contributed by atoms with Crippen LogP contribution >= 0.6 is 57.7 Å². The molecule has 0 saturated carbocycles. The van der Waals surface area contributed by atoms with Crippen LogP contribution in [0.25, 0.3) is 21.1 Å². The highest BCUT2D eigenvalue weighted by Gasteiger charge is 2.11. The molecule has 0 aliphatic rings. The van der Waals surface area contributed by atoms with E-state index in [1.165, 1.54) is 11.3 Å². The summed E-state index contributed by atoms with van der Waals surface area (Å²) < 4.78 is 0. The van der Waals surface area contributed by atoms with Crippen LogP contribution in [0.15, 0.2) is 36.4 Å². The van der Waals surface area contributed by atoms with E-state index < -0.39 is 0 Å². The first-order valence-electron chi connectivity index (χ1n) is 5.79. The van der Waals surface area contributed by atoms with Gasteiger partial charge in [0.25, 0.3) is 0 Å². The summed E-state index contributed by atoms with van der Waals surface area (Å²) in [4.78, 5) is 0. The number of benzene rings is 2. The molecule has 21 heavy (non-hydrogen) atoms. The molecule has 3 aromatic rings. The molecule has 3 rings (SSSR count). The molecule has 1 aromatic heterocycles. The molecular formula is C14H6Cl4N2S. The summed E-state index contributed by atoms with van der Waals surface area (Å²) in [6.07, 6.45) is 0. The zero-order valence-electron chi connectivity index (χ0n) is 10.3. The Hall–Kier alpha value is -0.840. The van der Waals surface area contributed by atoms with E-state index in [1.54, 1.807) is 24.3 Å². The highest BCUT2D eigenvalue weighted by molar-refractivity contribution is 7.17. The van der Waals surface area contributed by atoms with Crippen LogP contribution in [0.4, 0.5) is 0 Å². The van der Waals surface area contributed by atoms with Crippen molar-refractivity contribution in [2.75, 3.05) is 0 Å². The van der Waals surface area contributed by atoms with E-state index in [0.717, 1.165) is 21.1 Å². The van der Waals surface area contributed by atoms with Crippen molar-refractivity contribution in [3.05, 3.63) is 56.5 Å². The average Bonchev–Trinajstić information content (AvgIpc) is 2.94. The molecule has 0 unspecified atom stereocenters. The molecule has 0 aliphatic heterocycles. The standard InChI is InChI=1S/C14H6Cl4N2S/c15-9-3-1-7(5-11(9)17)13-19-20-14(21-13)8-2-4-10(16)12(18)6-8/h1-6H. The quantitative estimate of drug-likeness (QED) is 0.511. The monoisotopic (exact) mass is 374 g/mol. The van der Waals surface area contributed by atoms with Crippen molar-refractivity contribution in [2.24, 2.45) is 0 Å². The lowest BCUT2D eigenvalue weighted by atomic mass is 10.2. The lowest BCUT2D eigenvalue weighted by Crippen LogP contribution is -1.78. The lowest BCUT2D eigenvalue weighted by Gasteiger charge is -1.99. The van der Waals surface area contributed by atoms with E-state index in [0.29, 0.717) is 20.1 Å². The fourth-order valence-corrected chi connectivity index (χ4v) is 3.15. The summed E-state index contributed by atoms with van der Waals surface area (Å²) >= 11 is 25.3. The molecule has 0 saturated heterocycles. The minimum Gasteiger partial charge on any atom is -0.138 e. The summed E-state index contributed by atoms with van der Waals surface area (Å²) in [7, 11) is 0. The maximum absolute atomic E-state index is 6.02. The predicted octanol–water partition coefficient (Wildman–Crippen LogP) is 6.49. The van der Waals surface area contributed by atoms with Gasteiger partial charge in [-0.25, -0.2) is 0 Å². The summed E-state index contributed by atoms with van der Waals surface area (Å²) in [6, 6.07) is 10.7. The SMILES string of the molecule is Clc1ccc(-c2nnc(-c3ccc(Cl)c(Cl)c3)s2)cc1Cl. The molecule has 106 valence electrons. The second kappa shape index (κ2) is 6.11. The van der Waals surface area contributed by atoms with Crippen molar-refractivity contribution in [1.82, 2.24) is 10.2 Å². The third-order valence-corrected chi connectivity index (χ3v) is 5.26. The van der Waals surface area contributed by atoms with Gasteiger partial charge in [0.1, 0.15) is 10.0 Å². The molecule has 0 spiro atoms. The second-order valence-corrected chi connectivity index (χ2v) is 6.78. The largest absolute Gasteiger partial charge is 0.148 e. The summed E-state index contributed by atoms with van der Waals surface area (Å²) in [5.74, 6) is 0. The molecule has 0 amide bonds. The smallest absolute Gasteiger partial charge is 0.138 e. The number of hydrogen-bond donors (Lipinski definition) is 0. The van der Waals surface area contributed by atoms with Gasteiger partial charge in [-0.15, -0.1) is 10.2 Å². The number of nitrogens with zero attached hydrogens (tertiary/aromatic N) is 2. The maximum Gasteiger partial charge on any atom is 0.148 e. The minimum absolute atomic E-state index is 0.487. The summed E-state index contributed by atoms with van der Waals surface area (Å²) in [5.41, 5.74) is 1.74. The Kier molecular flexibility index (Phi) is 4.38. The maximum atomic E-state index is 6.02.